The summed E-state index contributed by atoms with van der Waals surface area (Å²) in [5.41, 5.74) is 1.87. The fourth-order valence-corrected chi connectivity index (χ4v) is 1.40. The summed E-state index contributed by atoms with van der Waals surface area (Å²) in [6.45, 7) is 2.78. The molecule has 0 aliphatic carbocycles. The highest BCUT2D eigenvalue weighted by Gasteiger charge is 2.03. The number of hydrogen-bond donors (Lipinski definition) is 4. The first-order valence-corrected chi connectivity index (χ1v) is 5.82. The Morgan fingerprint density at radius 3 is 2.78 bits per heavy atom. The van der Waals surface area contributed by atoms with E-state index < -0.39 is 5.97 Å². The molecule has 2 amide bonds. The van der Waals surface area contributed by atoms with Crippen molar-refractivity contribution < 1.29 is 14.7 Å². The SMILES string of the molecule is Cc1[nH]ncc1CNC(=O)NCCCCC(=O)O. The predicted molar refractivity (Wildman–Crippen MR) is 65.0 cm³/mol. The lowest BCUT2D eigenvalue weighted by atomic mass is 10.2. The lowest BCUT2D eigenvalue weighted by Crippen LogP contribution is -2.35. The maximum atomic E-state index is 11.4. The highest BCUT2D eigenvalue weighted by Crippen LogP contribution is 2.00. The number of amides is 2. The number of hydrogen-bond acceptors (Lipinski definition) is 3. The van der Waals surface area contributed by atoms with E-state index in [1.807, 2.05) is 6.92 Å². The maximum Gasteiger partial charge on any atom is 0.315 e. The van der Waals surface area contributed by atoms with Crippen LogP contribution in [0.4, 0.5) is 4.79 Å². The van der Waals surface area contributed by atoms with Crippen molar-refractivity contribution >= 4 is 12.0 Å². The molecule has 0 aliphatic rings. The van der Waals surface area contributed by atoms with E-state index in [1.165, 1.54) is 0 Å². The number of carbonyl (C=O) groups is 2. The van der Waals surface area contributed by atoms with E-state index in [-0.39, 0.29) is 12.5 Å². The Labute approximate surface area is 105 Å². The molecule has 0 unspecified atom stereocenters. The Morgan fingerprint density at radius 2 is 2.17 bits per heavy atom. The number of carbonyl (C=O) groups excluding carboxylic acids is 1. The van der Waals surface area contributed by atoms with Gasteiger partial charge in [-0.2, -0.15) is 5.10 Å². The Morgan fingerprint density at radius 1 is 1.39 bits per heavy atom. The lowest BCUT2D eigenvalue weighted by molar-refractivity contribution is -0.137. The molecule has 18 heavy (non-hydrogen) atoms. The van der Waals surface area contributed by atoms with Crippen LogP contribution in [-0.2, 0) is 11.3 Å². The molecule has 0 aliphatic heterocycles. The monoisotopic (exact) mass is 254 g/mol. The van der Waals surface area contributed by atoms with E-state index >= 15 is 0 Å². The van der Waals surface area contributed by atoms with Gasteiger partial charge >= 0.3 is 12.0 Å². The number of rotatable bonds is 7. The number of urea groups is 1. The zero-order chi connectivity index (χ0) is 13.4. The van der Waals surface area contributed by atoms with Crippen LogP contribution < -0.4 is 10.6 Å². The summed E-state index contributed by atoms with van der Waals surface area (Å²) in [5, 5.41) is 20.4. The summed E-state index contributed by atoms with van der Waals surface area (Å²) in [5.74, 6) is -0.810. The molecule has 0 atom stereocenters. The van der Waals surface area contributed by atoms with Crippen LogP contribution in [0.15, 0.2) is 6.20 Å². The number of aryl methyl sites for hydroxylation is 1. The molecule has 7 nitrogen and oxygen atoms in total. The van der Waals surface area contributed by atoms with Crippen LogP contribution in [0.2, 0.25) is 0 Å². The van der Waals surface area contributed by atoms with Gasteiger partial charge in [0.2, 0.25) is 0 Å². The molecule has 0 radical (unpaired) electrons. The minimum absolute atomic E-state index is 0.136. The molecule has 1 heterocycles. The van der Waals surface area contributed by atoms with E-state index in [0.717, 1.165) is 11.3 Å². The molecule has 1 rings (SSSR count). The van der Waals surface area contributed by atoms with Gasteiger partial charge in [-0.1, -0.05) is 0 Å². The normalized spacial score (nSPS) is 10.1. The van der Waals surface area contributed by atoms with Crippen molar-refractivity contribution in [2.75, 3.05) is 6.54 Å². The number of nitrogens with zero attached hydrogens (tertiary/aromatic N) is 1. The highest BCUT2D eigenvalue weighted by molar-refractivity contribution is 5.73. The fourth-order valence-electron chi connectivity index (χ4n) is 1.40. The van der Waals surface area contributed by atoms with Gasteiger partial charge in [0, 0.05) is 30.8 Å². The summed E-state index contributed by atoms with van der Waals surface area (Å²) in [6.07, 6.45) is 3.03. The molecule has 0 spiro atoms. The standard InChI is InChI=1S/C11H18N4O3/c1-8-9(7-14-15-8)6-13-11(18)12-5-3-2-4-10(16)17/h7H,2-6H2,1H3,(H,14,15)(H,16,17)(H2,12,13,18). The number of aliphatic carboxylic acids is 1. The van der Waals surface area contributed by atoms with Gasteiger partial charge in [-0.05, 0) is 19.8 Å². The fraction of sp³-hybridized carbons (Fsp3) is 0.545. The molecule has 0 saturated carbocycles. The van der Waals surface area contributed by atoms with Crippen LogP contribution >= 0.6 is 0 Å². The average Bonchev–Trinajstić information content (AvgIpc) is 2.71. The first-order chi connectivity index (χ1) is 8.59. The number of nitrogens with one attached hydrogen (secondary N) is 3. The minimum atomic E-state index is -0.810. The average molecular weight is 254 g/mol. The lowest BCUT2D eigenvalue weighted by Gasteiger charge is -2.06. The van der Waals surface area contributed by atoms with Crippen molar-refractivity contribution in [1.29, 1.82) is 0 Å². The van der Waals surface area contributed by atoms with Crippen LogP contribution in [0.5, 0.6) is 0 Å². The second-order valence-electron chi connectivity index (χ2n) is 3.98. The first kappa shape index (κ1) is 14.0. The second-order valence-corrected chi connectivity index (χ2v) is 3.98. The van der Waals surface area contributed by atoms with E-state index in [2.05, 4.69) is 20.8 Å². The van der Waals surface area contributed by atoms with Crippen molar-refractivity contribution in [3.8, 4) is 0 Å². The third-order valence-corrected chi connectivity index (χ3v) is 2.48. The summed E-state index contributed by atoms with van der Waals surface area (Å²) in [7, 11) is 0. The number of carboxylic acids is 1. The summed E-state index contributed by atoms with van der Waals surface area (Å²) in [6, 6.07) is -0.258. The van der Waals surface area contributed by atoms with E-state index in [1.54, 1.807) is 6.20 Å². The number of aromatic nitrogens is 2. The molecular formula is C11H18N4O3. The third kappa shape index (κ3) is 5.33. The van der Waals surface area contributed by atoms with Crippen molar-refractivity contribution in [3.05, 3.63) is 17.5 Å². The molecule has 0 fully saturated rings. The minimum Gasteiger partial charge on any atom is -0.481 e. The Balaban J connectivity index is 2.07. The molecule has 1 aromatic rings. The first-order valence-electron chi connectivity index (χ1n) is 5.82. The van der Waals surface area contributed by atoms with Gasteiger partial charge in [0.1, 0.15) is 0 Å². The quantitative estimate of drug-likeness (QED) is 0.539. The molecule has 1 aromatic heterocycles. The smallest absolute Gasteiger partial charge is 0.315 e. The van der Waals surface area contributed by atoms with Gasteiger partial charge in [-0.15, -0.1) is 0 Å². The molecule has 0 bridgehead atoms. The largest absolute Gasteiger partial charge is 0.481 e. The third-order valence-electron chi connectivity index (χ3n) is 2.48. The Kier molecular flexibility index (Phi) is 5.69. The van der Waals surface area contributed by atoms with Crippen molar-refractivity contribution in [3.63, 3.8) is 0 Å². The molecule has 4 N–H and O–H groups in total. The van der Waals surface area contributed by atoms with Crippen LogP contribution in [0.25, 0.3) is 0 Å². The Hall–Kier alpha value is -2.05. The predicted octanol–water partition coefficient (Wildman–Crippen LogP) is 0.772. The zero-order valence-electron chi connectivity index (χ0n) is 10.3. The zero-order valence-corrected chi connectivity index (χ0v) is 10.3. The van der Waals surface area contributed by atoms with E-state index in [0.29, 0.717) is 25.9 Å². The van der Waals surface area contributed by atoms with Gasteiger partial charge < -0.3 is 15.7 Å². The van der Waals surface area contributed by atoms with Crippen LogP contribution in [0, 0.1) is 6.92 Å². The molecule has 0 aromatic carbocycles. The summed E-state index contributed by atoms with van der Waals surface area (Å²) >= 11 is 0. The highest BCUT2D eigenvalue weighted by atomic mass is 16.4. The Bertz CT molecular complexity index is 403. The number of aromatic amines is 1. The number of H-pyrrole nitrogens is 1. The van der Waals surface area contributed by atoms with Gasteiger partial charge in [0.15, 0.2) is 0 Å². The van der Waals surface area contributed by atoms with Gasteiger partial charge in [0.05, 0.1) is 6.20 Å². The van der Waals surface area contributed by atoms with Gasteiger partial charge in [0.25, 0.3) is 0 Å². The topological polar surface area (TPSA) is 107 Å². The van der Waals surface area contributed by atoms with Crippen LogP contribution in [-0.4, -0.2) is 33.8 Å². The second kappa shape index (κ2) is 7.31. The van der Waals surface area contributed by atoms with Gasteiger partial charge in [-0.3, -0.25) is 9.89 Å². The van der Waals surface area contributed by atoms with Crippen molar-refractivity contribution in [2.45, 2.75) is 32.7 Å². The molecule has 0 saturated heterocycles. The number of unbranched alkanes of at least 4 members (excludes halogenated alkanes) is 1. The molecular weight excluding hydrogens is 236 g/mol. The van der Waals surface area contributed by atoms with E-state index in [9.17, 15) is 9.59 Å². The van der Waals surface area contributed by atoms with Crippen LogP contribution in [0.3, 0.4) is 0 Å². The van der Waals surface area contributed by atoms with E-state index in [4.69, 9.17) is 5.11 Å². The maximum absolute atomic E-state index is 11.4. The van der Waals surface area contributed by atoms with Gasteiger partial charge in [-0.25, -0.2) is 4.79 Å². The van der Waals surface area contributed by atoms with Crippen molar-refractivity contribution in [1.82, 2.24) is 20.8 Å². The summed E-state index contributed by atoms with van der Waals surface area (Å²) < 4.78 is 0. The molecule has 7 heteroatoms. The van der Waals surface area contributed by atoms with Crippen LogP contribution in [0.1, 0.15) is 30.5 Å². The number of carboxylic acid groups (broad SMARTS) is 1. The summed E-state index contributed by atoms with van der Waals surface area (Å²) in [4.78, 5) is 21.6. The molecule has 100 valence electrons. The van der Waals surface area contributed by atoms with Crippen molar-refractivity contribution in [2.24, 2.45) is 0 Å².